The maximum Gasteiger partial charge on any atom is 0.471 e. The maximum absolute atomic E-state index is 13.4. The molecule has 0 radical (unpaired) electrons. The third-order valence-corrected chi connectivity index (χ3v) is 9.70. The molecule has 24 heteroatoms. The summed E-state index contributed by atoms with van der Waals surface area (Å²) in [5, 5.41) is 32.4. The van der Waals surface area contributed by atoms with Gasteiger partial charge in [-0.2, -0.15) is 13.2 Å². The van der Waals surface area contributed by atoms with E-state index in [1.165, 1.54) is 69.9 Å². The van der Waals surface area contributed by atoms with E-state index in [-0.39, 0.29) is 24.6 Å². The zero-order valence-corrected chi connectivity index (χ0v) is 27.6. The number of aliphatic carboxylic acids is 1. The fraction of sp³-hybridized carbons (Fsp3) is 0.308. The number of β-lactam (4-membered cyclic amide) rings is 1. The van der Waals surface area contributed by atoms with Gasteiger partial charge in [-0.3, -0.25) is 19.7 Å². The molecule has 1 saturated heterocycles. The van der Waals surface area contributed by atoms with Gasteiger partial charge in [0.15, 0.2) is 16.6 Å². The highest BCUT2D eigenvalue weighted by Gasteiger charge is 2.50. The number of nitrogens with one attached hydrogen (secondary N) is 2. The number of carbonyl (C=O) groups excluding carboxylic acids is 3. The van der Waals surface area contributed by atoms with Gasteiger partial charge in [-0.1, -0.05) is 34.2 Å². The molecule has 1 unspecified atom stereocenters. The average Bonchev–Trinajstić information content (AvgIpc) is 3.73. The number of nitrogens with zero attached hydrogens (tertiary/aromatic N) is 8. The molecule has 2 aliphatic rings. The molecule has 0 saturated carbocycles. The Hall–Kier alpha value is -5.10. The van der Waals surface area contributed by atoms with E-state index >= 15 is 0 Å². The molecular formula is C26H22F4N10O7S3. The molecule has 3 aromatic rings. The van der Waals surface area contributed by atoms with Gasteiger partial charge in [-0.15, -0.1) is 28.2 Å². The highest BCUT2D eigenvalue weighted by atomic mass is 32.2. The SMILES string of the molecule is CON=C(Cn1nnnc1SCC1=CN2C(=O)C(NC(=O)C(=NOCc3ccc(F)cc3)c3csc(NC(=O)C(F)(F)F)n3)[C@H]2SC1)C(=O)O. The van der Waals surface area contributed by atoms with Crippen molar-refractivity contribution >= 4 is 75.1 Å². The number of rotatable bonds is 14. The molecule has 0 spiro atoms. The molecule has 1 aromatic carbocycles. The summed E-state index contributed by atoms with van der Waals surface area (Å²) in [7, 11) is 1.20. The van der Waals surface area contributed by atoms with Crippen molar-refractivity contribution in [1.82, 2.24) is 35.4 Å². The number of alkyl halides is 3. The summed E-state index contributed by atoms with van der Waals surface area (Å²) in [6.45, 7) is -0.472. The standard InChI is InChI=1S/C26H22F4N10O7S3/c1-46-35-15(22(43)44)7-40-25(34-37-38-40)50-10-13-6-39-20(42)18(21(39)48-9-13)32-19(41)17(36-47-8-12-2-4-14(27)5-3-12)16-11-49-24(31-16)33-23(45)26(28,29)30/h2-6,11,18,21H,7-10H2,1H3,(H,32,41)(H,43,44)(H,31,33,45)/t18?,21-/m1/s1. The highest BCUT2D eigenvalue weighted by molar-refractivity contribution is 8.01. The van der Waals surface area contributed by atoms with Crippen LogP contribution in [0.25, 0.3) is 0 Å². The van der Waals surface area contributed by atoms with Crippen LogP contribution in [0.5, 0.6) is 0 Å². The number of anilines is 1. The number of carboxylic acids is 1. The van der Waals surface area contributed by atoms with E-state index in [4.69, 9.17) is 4.84 Å². The topological polar surface area (TPSA) is 215 Å². The summed E-state index contributed by atoms with van der Waals surface area (Å²) in [5.74, 6) is -4.69. The summed E-state index contributed by atoms with van der Waals surface area (Å²) < 4.78 is 52.7. The molecule has 2 aromatic heterocycles. The van der Waals surface area contributed by atoms with Gasteiger partial charge in [0.25, 0.3) is 11.8 Å². The Bertz CT molecular complexity index is 1870. The molecule has 264 valence electrons. The van der Waals surface area contributed by atoms with Crippen molar-refractivity contribution in [2.75, 3.05) is 23.9 Å². The van der Waals surface area contributed by atoms with Crippen LogP contribution < -0.4 is 10.6 Å². The summed E-state index contributed by atoms with van der Waals surface area (Å²) in [5.41, 5.74) is 0.230. The van der Waals surface area contributed by atoms with Crippen molar-refractivity contribution in [2.24, 2.45) is 10.3 Å². The smallest absolute Gasteiger partial charge is 0.471 e. The monoisotopic (exact) mass is 758 g/mol. The third kappa shape index (κ3) is 8.73. The molecule has 1 fully saturated rings. The second-order valence-corrected chi connectivity index (χ2v) is 12.9. The minimum atomic E-state index is -5.18. The van der Waals surface area contributed by atoms with Crippen LogP contribution in [0.4, 0.5) is 22.7 Å². The van der Waals surface area contributed by atoms with Gasteiger partial charge in [-0.05, 0) is 33.7 Å². The molecule has 3 amide bonds. The van der Waals surface area contributed by atoms with Crippen molar-refractivity contribution in [1.29, 1.82) is 0 Å². The van der Waals surface area contributed by atoms with Gasteiger partial charge in [0.05, 0.1) is 6.54 Å². The van der Waals surface area contributed by atoms with Gasteiger partial charge < -0.3 is 25.0 Å². The number of hydrogen-bond donors (Lipinski definition) is 3. The molecule has 3 N–H and O–H groups in total. The van der Waals surface area contributed by atoms with Gasteiger partial charge in [0.1, 0.15) is 36.6 Å². The van der Waals surface area contributed by atoms with Crippen LogP contribution in [-0.4, -0.2) is 107 Å². The van der Waals surface area contributed by atoms with Crippen LogP contribution in [0.2, 0.25) is 0 Å². The first kappa shape index (κ1) is 36.2. The summed E-state index contributed by atoms with van der Waals surface area (Å²) >= 11 is 3.13. The van der Waals surface area contributed by atoms with Crippen molar-refractivity contribution in [2.45, 2.75) is 35.9 Å². The van der Waals surface area contributed by atoms with E-state index in [0.717, 1.165) is 5.57 Å². The Morgan fingerprint density at radius 3 is 2.66 bits per heavy atom. The zero-order chi connectivity index (χ0) is 36.0. The first-order chi connectivity index (χ1) is 23.8. The van der Waals surface area contributed by atoms with Crippen LogP contribution in [0, 0.1) is 5.82 Å². The lowest BCUT2D eigenvalue weighted by Gasteiger charge is -2.47. The fourth-order valence-electron chi connectivity index (χ4n) is 4.16. The minimum absolute atomic E-state index is 0.215. The van der Waals surface area contributed by atoms with Crippen LogP contribution in [0.15, 0.2) is 56.9 Å². The fourth-order valence-corrected chi connectivity index (χ4v) is 7.07. The quantitative estimate of drug-likeness (QED) is 0.0705. The Labute approximate surface area is 290 Å². The second-order valence-electron chi connectivity index (χ2n) is 9.95. The van der Waals surface area contributed by atoms with Crippen LogP contribution >= 0.6 is 34.9 Å². The lowest BCUT2D eigenvalue weighted by molar-refractivity contribution is -0.167. The van der Waals surface area contributed by atoms with Crippen molar-refractivity contribution in [3.8, 4) is 0 Å². The maximum atomic E-state index is 13.4. The zero-order valence-electron chi connectivity index (χ0n) is 25.2. The number of oxime groups is 2. The Kier molecular flexibility index (Phi) is 11.3. The van der Waals surface area contributed by atoms with Crippen LogP contribution in [-0.2, 0) is 42.0 Å². The molecular weight excluding hydrogens is 737 g/mol. The normalized spacial score (nSPS) is 17.7. The van der Waals surface area contributed by atoms with Crippen LogP contribution in [0.1, 0.15) is 11.3 Å². The number of thiazole rings is 1. The Morgan fingerprint density at radius 2 is 1.96 bits per heavy atom. The molecule has 50 heavy (non-hydrogen) atoms. The van der Waals surface area contributed by atoms with E-state index in [1.807, 2.05) is 0 Å². The molecule has 0 aliphatic carbocycles. The Morgan fingerprint density at radius 1 is 1.20 bits per heavy atom. The number of carbonyl (C=O) groups is 4. The van der Waals surface area contributed by atoms with Gasteiger partial charge in [0, 0.05) is 23.1 Å². The summed E-state index contributed by atoms with van der Waals surface area (Å²) in [6.07, 6.45) is -3.55. The van der Waals surface area contributed by atoms with E-state index in [1.54, 1.807) is 11.5 Å². The minimum Gasteiger partial charge on any atom is -0.477 e. The van der Waals surface area contributed by atoms with Gasteiger partial charge in [0.2, 0.25) is 5.16 Å². The van der Waals surface area contributed by atoms with E-state index < -0.39 is 57.9 Å². The summed E-state index contributed by atoms with van der Waals surface area (Å²) in [6, 6.07) is 4.18. The highest BCUT2D eigenvalue weighted by Crippen LogP contribution is 2.37. The number of tetrazole rings is 1. The van der Waals surface area contributed by atoms with E-state index in [0.29, 0.717) is 33.6 Å². The van der Waals surface area contributed by atoms with Crippen molar-refractivity contribution < 1.29 is 51.5 Å². The third-order valence-electron chi connectivity index (χ3n) is 6.50. The number of carboxylic acid groups (broad SMARTS) is 1. The molecule has 4 heterocycles. The number of benzene rings is 1. The lowest BCUT2D eigenvalue weighted by Crippen LogP contribution is -2.69. The Balaban J connectivity index is 1.24. The average molecular weight is 759 g/mol. The number of hydrogen-bond acceptors (Lipinski definition) is 15. The largest absolute Gasteiger partial charge is 0.477 e. The molecule has 0 bridgehead atoms. The van der Waals surface area contributed by atoms with E-state index in [9.17, 15) is 41.8 Å². The van der Waals surface area contributed by atoms with Crippen LogP contribution in [0.3, 0.4) is 0 Å². The first-order valence-electron chi connectivity index (χ1n) is 13.8. The molecule has 2 atom stereocenters. The number of aromatic nitrogens is 5. The second kappa shape index (κ2) is 15.6. The number of amides is 3. The predicted octanol–water partition coefficient (Wildman–Crippen LogP) is 1.85. The molecule has 2 aliphatic heterocycles. The van der Waals surface area contributed by atoms with E-state index in [2.05, 4.69) is 41.0 Å². The summed E-state index contributed by atoms with van der Waals surface area (Å²) in [4.78, 5) is 64.3. The lowest BCUT2D eigenvalue weighted by atomic mass is 10.1. The number of halogens is 4. The molecule has 5 rings (SSSR count). The number of thioether (sulfide) groups is 2. The van der Waals surface area contributed by atoms with Gasteiger partial charge >= 0.3 is 18.1 Å². The predicted molar refractivity (Wildman–Crippen MR) is 168 cm³/mol. The molecule has 17 nitrogen and oxygen atoms in total. The van der Waals surface area contributed by atoms with Gasteiger partial charge in [-0.25, -0.2) is 18.9 Å². The van der Waals surface area contributed by atoms with Crippen molar-refractivity contribution in [3.63, 3.8) is 0 Å². The first-order valence-corrected chi connectivity index (χ1v) is 16.7. The van der Waals surface area contributed by atoms with Crippen molar-refractivity contribution in [3.05, 3.63) is 58.5 Å². The number of fused-ring (bicyclic) bond motifs is 1.